The molecule has 0 saturated heterocycles. The van der Waals surface area contributed by atoms with Crippen molar-refractivity contribution in [2.45, 2.75) is 0 Å². The summed E-state index contributed by atoms with van der Waals surface area (Å²) in [5, 5.41) is 0. The molecule has 1 nitrogen and oxygen atoms in total. The minimum absolute atomic E-state index is 0.937. The molecule has 1 heterocycles. The van der Waals surface area contributed by atoms with Crippen LogP contribution in [0.2, 0.25) is 0 Å². The minimum Gasteiger partial charge on any atom is -0.256 e. The average Bonchev–Trinajstić information content (AvgIpc) is 2.46. The molecular formula is C17H15N. The van der Waals surface area contributed by atoms with Crippen LogP contribution in [0.4, 0.5) is 0 Å². The molecule has 2 rings (SSSR count). The topological polar surface area (TPSA) is 12.9 Å². The summed E-state index contributed by atoms with van der Waals surface area (Å²) in [7, 11) is 0. The van der Waals surface area contributed by atoms with Gasteiger partial charge in [0.05, 0.1) is 5.69 Å². The molecule has 88 valence electrons. The van der Waals surface area contributed by atoms with E-state index in [4.69, 9.17) is 0 Å². The Labute approximate surface area is 108 Å². The van der Waals surface area contributed by atoms with Gasteiger partial charge in [0, 0.05) is 11.8 Å². The molecule has 0 unspecified atom stereocenters. The predicted molar refractivity (Wildman–Crippen MR) is 78.0 cm³/mol. The van der Waals surface area contributed by atoms with E-state index in [0.29, 0.717) is 0 Å². The zero-order valence-corrected chi connectivity index (χ0v) is 10.2. The highest BCUT2D eigenvalue weighted by Crippen LogP contribution is 2.25. The number of hydrogen-bond acceptors (Lipinski definition) is 1. The Morgan fingerprint density at radius 1 is 1.00 bits per heavy atom. The van der Waals surface area contributed by atoms with Gasteiger partial charge in [-0.05, 0) is 23.3 Å². The third-order valence-electron chi connectivity index (χ3n) is 2.70. The summed E-state index contributed by atoms with van der Waals surface area (Å²) in [6.07, 6.45) is 7.41. The summed E-state index contributed by atoms with van der Waals surface area (Å²) in [5.41, 5.74) is 4.20. The van der Waals surface area contributed by atoms with E-state index in [9.17, 15) is 0 Å². The maximum Gasteiger partial charge on any atom is 0.0708 e. The van der Waals surface area contributed by atoms with E-state index in [1.807, 2.05) is 48.6 Å². The number of nitrogens with zero attached hydrogens (tertiary/aromatic N) is 1. The number of allylic oxidation sites excluding steroid dienone is 2. The molecule has 0 fully saturated rings. The summed E-state index contributed by atoms with van der Waals surface area (Å²) in [6.45, 7) is 7.63. The summed E-state index contributed by atoms with van der Waals surface area (Å²) in [6, 6.07) is 14.0. The van der Waals surface area contributed by atoms with Crippen molar-refractivity contribution in [3.05, 3.63) is 90.8 Å². The fraction of sp³-hybridized carbons (Fsp3) is 0. The molecule has 0 aliphatic heterocycles. The molecule has 0 saturated carbocycles. The zero-order chi connectivity index (χ0) is 12.8. The summed E-state index contributed by atoms with van der Waals surface area (Å²) in [4.78, 5) is 4.40. The lowest BCUT2D eigenvalue weighted by atomic mass is 9.96. The second-order valence-electron chi connectivity index (χ2n) is 3.82. The monoisotopic (exact) mass is 233 g/mol. The zero-order valence-electron chi connectivity index (χ0n) is 10.2. The molecule has 0 N–H and O–H groups in total. The lowest BCUT2D eigenvalue weighted by Crippen LogP contribution is -1.93. The van der Waals surface area contributed by atoms with Crippen molar-refractivity contribution in [3.8, 4) is 0 Å². The first-order valence-corrected chi connectivity index (χ1v) is 5.83. The third-order valence-corrected chi connectivity index (χ3v) is 2.70. The molecule has 0 radical (unpaired) electrons. The van der Waals surface area contributed by atoms with E-state index in [1.165, 1.54) is 0 Å². The van der Waals surface area contributed by atoms with E-state index in [0.717, 1.165) is 22.4 Å². The quantitative estimate of drug-likeness (QED) is 0.716. The summed E-state index contributed by atoms with van der Waals surface area (Å²) >= 11 is 0. The molecule has 1 heteroatoms. The molecular weight excluding hydrogens is 218 g/mol. The molecule has 0 spiro atoms. The second kappa shape index (κ2) is 5.78. The highest BCUT2D eigenvalue weighted by atomic mass is 14.7. The first-order valence-electron chi connectivity index (χ1n) is 5.83. The minimum atomic E-state index is 0.937. The van der Waals surface area contributed by atoms with E-state index >= 15 is 0 Å². The van der Waals surface area contributed by atoms with E-state index in [1.54, 1.807) is 12.3 Å². The fourth-order valence-corrected chi connectivity index (χ4v) is 1.87. The van der Waals surface area contributed by atoms with Crippen LogP contribution in [0.15, 0.2) is 74.0 Å². The van der Waals surface area contributed by atoms with Crippen molar-refractivity contribution in [2.75, 3.05) is 0 Å². The molecule has 2 aromatic rings. The van der Waals surface area contributed by atoms with Gasteiger partial charge in [-0.15, -0.1) is 0 Å². The van der Waals surface area contributed by atoms with Crippen LogP contribution in [0.5, 0.6) is 0 Å². The Morgan fingerprint density at radius 3 is 2.44 bits per heavy atom. The van der Waals surface area contributed by atoms with Crippen molar-refractivity contribution in [3.63, 3.8) is 0 Å². The van der Waals surface area contributed by atoms with Crippen LogP contribution < -0.4 is 0 Å². The first kappa shape index (κ1) is 12.1. The van der Waals surface area contributed by atoms with Gasteiger partial charge in [-0.25, -0.2) is 0 Å². The third kappa shape index (κ3) is 2.46. The number of hydrogen-bond donors (Lipinski definition) is 0. The van der Waals surface area contributed by atoms with Gasteiger partial charge >= 0.3 is 0 Å². The first-order chi connectivity index (χ1) is 8.86. The van der Waals surface area contributed by atoms with E-state index < -0.39 is 0 Å². The molecule has 0 bridgehead atoms. The van der Waals surface area contributed by atoms with Gasteiger partial charge in [0.25, 0.3) is 0 Å². The molecule has 0 aliphatic rings. The van der Waals surface area contributed by atoms with Crippen molar-refractivity contribution in [1.82, 2.24) is 4.98 Å². The normalized spacial score (nSPS) is 11.0. The van der Waals surface area contributed by atoms with Crippen LogP contribution in [-0.2, 0) is 0 Å². The highest BCUT2D eigenvalue weighted by Gasteiger charge is 2.07. The van der Waals surface area contributed by atoms with Crippen LogP contribution in [0.25, 0.3) is 11.6 Å². The highest BCUT2D eigenvalue weighted by molar-refractivity contribution is 5.83. The Hall–Kier alpha value is -2.41. The SMILES string of the molecule is C=C/C=C(/c1ccccn1)c1ccccc1C=C. The van der Waals surface area contributed by atoms with Gasteiger partial charge in [0.15, 0.2) is 0 Å². The van der Waals surface area contributed by atoms with Crippen molar-refractivity contribution in [2.24, 2.45) is 0 Å². The number of pyridine rings is 1. The molecule has 18 heavy (non-hydrogen) atoms. The average molecular weight is 233 g/mol. The Balaban J connectivity index is 2.60. The number of rotatable bonds is 4. The standard InChI is InChI=1S/C17H15N/c1-3-9-16(17-12-7-8-13-18-17)15-11-6-5-10-14(15)4-2/h3-13H,1-2H2/b16-9+. The fourth-order valence-electron chi connectivity index (χ4n) is 1.87. The Bertz CT molecular complexity index is 580. The van der Waals surface area contributed by atoms with Crippen molar-refractivity contribution in [1.29, 1.82) is 0 Å². The summed E-state index contributed by atoms with van der Waals surface area (Å²) < 4.78 is 0. The van der Waals surface area contributed by atoms with Gasteiger partial charge in [-0.3, -0.25) is 4.98 Å². The smallest absolute Gasteiger partial charge is 0.0708 e. The van der Waals surface area contributed by atoms with Gasteiger partial charge in [0.2, 0.25) is 0 Å². The van der Waals surface area contributed by atoms with Crippen LogP contribution >= 0.6 is 0 Å². The predicted octanol–water partition coefficient (Wildman–Crippen LogP) is 4.34. The lowest BCUT2D eigenvalue weighted by Gasteiger charge is -2.10. The summed E-state index contributed by atoms with van der Waals surface area (Å²) in [5.74, 6) is 0. The van der Waals surface area contributed by atoms with Gasteiger partial charge in [-0.2, -0.15) is 0 Å². The molecule has 0 aliphatic carbocycles. The van der Waals surface area contributed by atoms with E-state index in [-0.39, 0.29) is 0 Å². The lowest BCUT2D eigenvalue weighted by molar-refractivity contribution is 1.27. The number of aromatic nitrogens is 1. The maximum atomic E-state index is 4.40. The Morgan fingerprint density at radius 2 is 1.78 bits per heavy atom. The number of benzene rings is 1. The molecule has 0 atom stereocenters. The van der Waals surface area contributed by atoms with Gasteiger partial charge in [0.1, 0.15) is 0 Å². The van der Waals surface area contributed by atoms with Gasteiger partial charge in [-0.1, -0.05) is 61.7 Å². The van der Waals surface area contributed by atoms with Crippen LogP contribution in [-0.4, -0.2) is 4.98 Å². The largest absolute Gasteiger partial charge is 0.256 e. The molecule has 0 amide bonds. The van der Waals surface area contributed by atoms with Crippen molar-refractivity contribution >= 4 is 11.6 Å². The van der Waals surface area contributed by atoms with Crippen LogP contribution in [0.3, 0.4) is 0 Å². The molecule has 1 aromatic heterocycles. The van der Waals surface area contributed by atoms with Gasteiger partial charge < -0.3 is 0 Å². The van der Waals surface area contributed by atoms with Crippen molar-refractivity contribution < 1.29 is 0 Å². The second-order valence-corrected chi connectivity index (χ2v) is 3.82. The van der Waals surface area contributed by atoms with Crippen LogP contribution in [0.1, 0.15) is 16.8 Å². The maximum absolute atomic E-state index is 4.40. The Kier molecular flexibility index (Phi) is 3.87. The molecule has 1 aromatic carbocycles. The van der Waals surface area contributed by atoms with E-state index in [2.05, 4.69) is 24.2 Å². The van der Waals surface area contributed by atoms with Crippen LogP contribution in [0, 0.1) is 0 Å².